The molecular formula is C25H31N3O3. The molecule has 2 heterocycles. The van der Waals surface area contributed by atoms with Gasteiger partial charge in [-0.3, -0.25) is 9.69 Å². The molecule has 2 fully saturated rings. The zero-order valence-corrected chi connectivity index (χ0v) is 18.3. The third-order valence-electron chi connectivity index (χ3n) is 6.66. The molecule has 0 aliphatic carbocycles. The first-order chi connectivity index (χ1) is 15.1. The molecule has 6 heteroatoms. The Balaban J connectivity index is 1.59. The SMILES string of the molecule is CC[C@]1(c2ccccc2)NC(=O)N(CN2CCCCC[C@H]2c2ccc(OC)cc2)C1=O. The van der Waals surface area contributed by atoms with Gasteiger partial charge in [0.25, 0.3) is 5.91 Å². The van der Waals surface area contributed by atoms with E-state index in [1.807, 2.05) is 49.4 Å². The number of likely N-dealkylation sites (tertiary alicyclic amines) is 1. The third-order valence-corrected chi connectivity index (χ3v) is 6.66. The van der Waals surface area contributed by atoms with E-state index < -0.39 is 5.54 Å². The number of urea groups is 1. The lowest BCUT2D eigenvalue weighted by Crippen LogP contribution is -2.46. The maximum atomic E-state index is 13.6. The van der Waals surface area contributed by atoms with E-state index in [1.165, 1.54) is 10.5 Å². The average molecular weight is 422 g/mol. The van der Waals surface area contributed by atoms with Gasteiger partial charge in [-0.1, -0.05) is 62.2 Å². The highest BCUT2D eigenvalue weighted by atomic mass is 16.5. The molecule has 0 spiro atoms. The lowest BCUT2D eigenvalue weighted by molar-refractivity contribution is -0.133. The number of carbonyl (C=O) groups excluding carboxylic acids is 2. The van der Waals surface area contributed by atoms with Crippen LogP contribution >= 0.6 is 0 Å². The van der Waals surface area contributed by atoms with Crippen molar-refractivity contribution in [3.8, 4) is 5.75 Å². The maximum Gasteiger partial charge on any atom is 0.326 e. The predicted molar refractivity (Wildman–Crippen MR) is 120 cm³/mol. The van der Waals surface area contributed by atoms with Gasteiger partial charge in [0.05, 0.1) is 13.8 Å². The summed E-state index contributed by atoms with van der Waals surface area (Å²) in [5.74, 6) is 0.664. The number of methoxy groups -OCH3 is 1. The number of hydrogen-bond donors (Lipinski definition) is 1. The van der Waals surface area contributed by atoms with Crippen molar-refractivity contribution in [1.29, 1.82) is 0 Å². The maximum absolute atomic E-state index is 13.6. The summed E-state index contributed by atoms with van der Waals surface area (Å²) < 4.78 is 5.30. The smallest absolute Gasteiger partial charge is 0.326 e. The normalized spacial score (nSPS) is 24.7. The second kappa shape index (κ2) is 9.10. The van der Waals surface area contributed by atoms with Crippen LogP contribution in [0.5, 0.6) is 5.75 Å². The first kappa shape index (κ1) is 21.4. The molecule has 0 radical (unpaired) electrons. The Kier molecular flexibility index (Phi) is 6.28. The molecule has 0 unspecified atom stereocenters. The van der Waals surface area contributed by atoms with Gasteiger partial charge in [0, 0.05) is 12.6 Å². The van der Waals surface area contributed by atoms with E-state index in [-0.39, 0.29) is 18.0 Å². The summed E-state index contributed by atoms with van der Waals surface area (Å²) in [6.07, 6.45) is 4.88. The van der Waals surface area contributed by atoms with Crippen LogP contribution in [0.3, 0.4) is 0 Å². The van der Waals surface area contributed by atoms with Crippen LogP contribution < -0.4 is 10.1 Å². The van der Waals surface area contributed by atoms with Crippen molar-refractivity contribution in [3.05, 3.63) is 65.7 Å². The van der Waals surface area contributed by atoms with Crippen LogP contribution in [-0.2, 0) is 10.3 Å². The van der Waals surface area contributed by atoms with E-state index in [2.05, 4.69) is 22.3 Å². The number of rotatable bonds is 6. The molecule has 0 saturated carbocycles. The Labute approximate surface area is 184 Å². The summed E-state index contributed by atoms with van der Waals surface area (Å²) in [6.45, 7) is 3.11. The highest BCUT2D eigenvalue weighted by Crippen LogP contribution is 2.35. The number of amides is 3. The molecule has 6 nitrogen and oxygen atoms in total. The zero-order valence-electron chi connectivity index (χ0n) is 18.3. The number of benzene rings is 2. The van der Waals surface area contributed by atoms with Crippen molar-refractivity contribution in [1.82, 2.24) is 15.1 Å². The summed E-state index contributed by atoms with van der Waals surface area (Å²) in [5, 5.41) is 3.00. The fraction of sp³-hybridized carbons (Fsp3) is 0.440. The minimum Gasteiger partial charge on any atom is -0.497 e. The van der Waals surface area contributed by atoms with Crippen LogP contribution in [-0.4, -0.2) is 42.1 Å². The van der Waals surface area contributed by atoms with Crippen molar-refractivity contribution in [2.45, 2.75) is 50.6 Å². The van der Waals surface area contributed by atoms with Crippen LogP contribution in [0.1, 0.15) is 56.2 Å². The molecule has 2 aromatic carbocycles. The molecule has 0 aromatic heterocycles. The van der Waals surface area contributed by atoms with Crippen molar-refractivity contribution in [3.63, 3.8) is 0 Å². The Morgan fingerprint density at radius 3 is 2.45 bits per heavy atom. The average Bonchev–Trinajstić information content (AvgIpc) is 2.95. The van der Waals surface area contributed by atoms with Gasteiger partial charge in [-0.25, -0.2) is 9.69 Å². The Morgan fingerprint density at radius 2 is 1.77 bits per heavy atom. The minimum absolute atomic E-state index is 0.163. The van der Waals surface area contributed by atoms with Gasteiger partial charge in [-0.15, -0.1) is 0 Å². The van der Waals surface area contributed by atoms with Crippen LogP contribution in [0, 0.1) is 0 Å². The Bertz CT molecular complexity index is 915. The third kappa shape index (κ3) is 4.04. The summed E-state index contributed by atoms with van der Waals surface area (Å²) in [7, 11) is 1.66. The molecule has 2 aliphatic rings. The topological polar surface area (TPSA) is 61.9 Å². The van der Waals surface area contributed by atoms with Gasteiger partial charge in [0.15, 0.2) is 0 Å². The van der Waals surface area contributed by atoms with Gasteiger partial charge in [0.1, 0.15) is 11.3 Å². The van der Waals surface area contributed by atoms with Gasteiger partial charge in [-0.2, -0.15) is 0 Å². The van der Waals surface area contributed by atoms with Gasteiger partial charge < -0.3 is 10.1 Å². The highest BCUT2D eigenvalue weighted by Gasteiger charge is 2.51. The Hall–Kier alpha value is -2.86. The fourth-order valence-corrected chi connectivity index (χ4v) is 4.84. The molecule has 3 amide bonds. The van der Waals surface area contributed by atoms with Crippen LogP contribution in [0.15, 0.2) is 54.6 Å². The van der Waals surface area contributed by atoms with E-state index in [1.54, 1.807) is 7.11 Å². The van der Waals surface area contributed by atoms with Crippen LogP contribution in [0.4, 0.5) is 4.79 Å². The standard InChI is InChI=1S/C25H31N3O3/c1-3-25(20-10-6-4-7-11-20)23(29)28(24(30)26-25)18-27-17-9-5-8-12-22(27)19-13-15-21(31-2)16-14-19/h4,6-7,10-11,13-16,22H,3,5,8-9,12,17-18H2,1-2H3,(H,26,30)/t22-,25+/m0/s1. The monoisotopic (exact) mass is 421 g/mol. The lowest BCUT2D eigenvalue weighted by Gasteiger charge is -2.33. The summed E-state index contributed by atoms with van der Waals surface area (Å²) in [5.41, 5.74) is 1.04. The molecule has 2 aromatic rings. The second-order valence-electron chi connectivity index (χ2n) is 8.38. The van der Waals surface area contributed by atoms with Crippen molar-refractivity contribution in [2.24, 2.45) is 0 Å². The van der Waals surface area contributed by atoms with E-state index >= 15 is 0 Å². The molecule has 0 bridgehead atoms. The summed E-state index contributed by atoms with van der Waals surface area (Å²) in [4.78, 5) is 30.2. The number of hydrogen-bond acceptors (Lipinski definition) is 4. The largest absolute Gasteiger partial charge is 0.497 e. The molecule has 2 atom stereocenters. The lowest BCUT2D eigenvalue weighted by atomic mass is 9.87. The van der Waals surface area contributed by atoms with E-state index in [9.17, 15) is 9.59 Å². The van der Waals surface area contributed by atoms with Gasteiger partial charge >= 0.3 is 6.03 Å². The molecular weight excluding hydrogens is 390 g/mol. The molecule has 2 aliphatic heterocycles. The number of nitrogens with one attached hydrogen (secondary N) is 1. The number of carbonyl (C=O) groups is 2. The molecule has 2 saturated heterocycles. The predicted octanol–water partition coefficient (Wildman–Crippen LogP) is 4.43. The minimum atomic E-state index is -0.986. The Morgan fingerprint density at radius 1 is 1.03 bits per heavy atom. The number of nitrogens with zero attached hydrogens (tertiary/aromatic N) is 2. The highest BCUT2D eigenvalue weighted by molar-refractivity contribution is 6.07. The van der Waals surface area contributed by atoms with E-state index in [4.69, 9.17) is 4.74 Å². The van der Waals surface area contributed by atoms with E-state index in [0.29, 0.717) is 13.1 Å². The quantitative estimate of drug-likeness (QED) is 0.701. The van der Waals surface area contributed by atoms with Gasteiger partial charge in [0.2, 0.25) is 0 Å². The van der Waals surface area contributed by atoms with Crippen molar-refractivity contribution < 1.29 is 14.3 Å². The molecule has 1 N–H and O–H groups in total. The second-order valence-corrected chi connectivity index (χ2v) is 8.38. The zero-order chi connectivity index (χ0) is 21.8. The number of imide groups is 1. The molecule has 31 heavy (non-hydrogen) atoms. The van der Waals surface area contributed by atoms with Crippen LogP contribution in [0.25, 0.3) is 0 Å². The van der Waals surface area contributed by atoms with Gasteiger partial charge in [-0.05, 0) is 42.5 Å². The summed E-state index contributed by atoms with van der Waals surface area (Å²) in [6, 6.07) is 17.6. The van der Waals surface area contributed by atoms with Crippen LogP contribution in [0.2, 0.25) is 0 Å². The summed E-state index contributed by atoms with van der Waals surface area (Å²) >= 11 is 0. The first-order valence-electron chi connectivity index (χ1n) is 11.2. The molecule has 4 rings (SSSR count). The number of ether oxygens (including phenoxy) is 1. The van der Waals surface area contributed by atoms with Crippen molar-refractivity contribution >= 4 is 11.9 Å². The fourth-order valence-electron chi connectivity index (χ4n) is 4.84. The van der Waals surface area contributed by atoms with E-state index in [0.717, 1.165) is 43.5 Å². The molecule has 164 valence electrons. The first-order valence-corrected chi connectivity index (χ1v) is 11.2. The van der Waals surface area contributed by atoms with Crippen molar-refractivity contribution in [2.75, 3.05) is 20.3 Å².